The Morgan fingerprint density at radius 2 is 1.52 bits per heavy atom. The number of piperidine rings is 1. The summed E-state index contributed by atoms with van der Waals surface area (Å²) in [6, 6.07) is 17.5. The van der Waals surface area contributed by atoms with Crippen LogP contribution in [0.2, 0.25) is 5.02 Å². The van der Waals surface area contributed by atoms with Gasteiger partial charge in [0.25, 0.3) is 5.91 Å². The van der Waals surface area contributed by atoms with E-state index in [9.17, 15) is 39.6 Å². The van der Waals surface area contributed by atoms with Gasteiger partial charge in [-0.1, -0.05) is 80.9 Å². The van der Waals surface area contributed by atoms with Crippen LogP contribution in [-0.2, 0) is 38.1 Å². The summed E-state index contributed by atoms with van der Waals surface area (Å²) in [6.07, 6.45) is -1.78. The van der Waals surface area contributed by atoms with Crippen molar-refractivity contribution in [2.75, 3.05) is 104 Å². The number of aryl methyl sites for hydroxylation is 1. The van der Waals surface area contributed by atoms with Gasteiger partial charge in [0.2, 0.25) is 24.0 Å². The van der Waals surface area contributed by atoms with Crippen LogP contribution in [0.4, 0.5) is 10.2 Å². The maximum atomic E-state index is 17.1. The highest BCUT2D eigenvalue weighted by Gasteiger charge is 2.45. The van der Waals surface area contributed by atoms with Gasteiger partial charge in [-0.15, -0.1) is 11.3 Å². The van der Waals surface area contributed by atoms with Crippen molar-refractivity contribution >= 4 is 74.1 Å². The van der Waals surface area contributed by atoms with Gasteiger partial charge in [0.15, 0.2) is 5.82 Å². The highest BCUT2D eigenvalue weighted by atomic mass is 35.5. The minimum absolute atomic E-state index is 0.0363. The fraction of sp³-hybridized carbons (Fsp3) is 0.508. The minimum atomic E-state index is -2.13. The van der Waals surface area contributed by atoms with E-state index in [1.807, 2.05) is 95.0 Å². The highest BCUT2D eigenvalue weighted by molar-refractivity contribution is 7.13. The summed E-state index contributed by atoms with van der Waals surface area (Å²) < 4.78 is 46.6. The Labute approximate surface area is 519 Å². The number of aromatic nitrogens is 3. The lowest BCUT2D eigenvalue weighted by Gasteiger charge is -2.36. The second-order valence-corrected chi connectivity index (χ2v) is 24.9. The summed E-state index contributed by atoms with van der Waals surface area (Å²) in [5.41, 5.74) is 4.34. The van der Waals surface area contributed by atoms with Crippen LogP contribution in [0, 0.1) is 18.2 Å². The first-order chi connectivity index (χ1) is 42.1. The number of nitrogens with one attached hydrogen (secondary N) is 2. The van der Waals surface area contributed by atoms with Crippen molar-refractivity contribution in [2.24, 2.45) is 5.41 Å². The SMILES string of the molecule is Cc1ncsc1-c1ccc([C@H](C)NC(=O)[C@@H]2C[C@@H](O)CN2C(=O)[C@@H](NC(=O)COCCOCCOCCOC2CCN(C[C@@H](C)Oc3nc(N4CCN(C(=O)C(O)O)CC4)c4cc(Cl)c(-c5cc(O)cc6ccccc56)c(F)c4n3)CC2)C(C)(C)C)cc1. The van der Waals surface area contributed by atoms with E-state index in [2.05, 4.69) is 25.5 Å². The second kappa shape index (κ2) is 29.7. The molecule has 22 nitrogen and oxygen atoms in total. The number of fused-ring (bicyclic) bond motifs is 2. The number of carbonyl (C=O) groups excluding carboxylic acids is 4. The number of aliphatic hydroxyl groups excluding tert-OH is 2. The van der Waals surface area contributed by atoms with Crippen molar-refractivity contribution in [1.82, 2.24) is 40.3 Å². The van der Waals surface area contributed by atoms with Crippen molar-refractivity contribution in [3.63, 3.8) is 0 Å². The average Bonchev–Trinajstić information content (AvgIpc) is 1.49. The fourth-order valence-corrected chi connectivity index (χ4v) is 12.5. The van der Waals surface area contributed by atoms with Gasteiger partial charge in [-0.05, 0) is 84.7 Å². The van der Waals surface area contributed by atoms with Gasteiger partial charge in [-0.25, -0.2) is 9.37 Å². The Bertz CT molecular complexity index is 3390. The molecular weight excluding hydrogens is 1180 g/mol. The van der Waals surface area contributed by atoms with Crippen molar-refractivity contribution in [3.05, 3.63) is 94.3 Å². The summed E-state index contributed by atoms with van der Waals surface area (Å²) in [6.45, 7) is 15.4. The number of thiazole rings is 1. The number of phenols is 1. The third-order valence-electron chi connectivity index (χ3n) is 16.0. The number of halogens is 2. The van der Waals surface area contributed by atoms with Gasteiger partial charge in [-0.2, -0.15) is 9.97 Å². The van der Waals surface area contributed by atoms with Crippen molar-refractivity contribution in [2.45, 2.75) is 104 Å². The zero-order valence-corrected chi connectivity index (χ0v) is 52.0. The number of amides is 4. The molecule has 0 bridgehead atoms. The lowest BCUT2D eigenvalue weighted by molar-refractivity contribution is -0.159. The number of β-amino-alcohol motifs (C(OH)–C–C–N with tert-alkyl or cyclic N) is 1. The van der Waals surface area contributed by atoms with Crippen LogP contribution in [0.1, 0.15) is 71.2 Å². The summed E-state index contributed by atoms with van der Waals surface area (Å²) in [5, 5.41) is 47.9. The topological polar surface area (TPSA) is 271 Å². The zero-order valence-electron chi connectivity index (χ0n) is 50.5. The fourth-order valence-electron chi connectivity index (χ4n) is 11.4. The van der Waals surface area contributed by atoms with Crippen molar-refractivity contribution in [1.29, 1.82) is 0 Å². The third kappa shape index (κ3) is 16.4. The maximum absolute atomic E-state index is 17.1. The molecule has 2 aromatic heterocycles. The number of carbonyl (C=O) groups is 4. The molecule has 5 atom stereocenters. The standard InChI is InChI=1S/C63H79ClFN9O13S/c1-37(87-62-69-54-48(57(70-62)72-19-21-73(22-20-72)60(80)61(81)82)32-49(64)52(53(54)65)47-30-43(75)29-42-9-7-8-10-46(42)47)33-71-17-15-45(16-18-71)86-28-27-84-24-23-83-25-26-85-35-51(77)68-56(63(4,5)6)59(79)74-34-44(76)31-50(74)58(78)67-38(2)40-11-13-41(14-12-40)55-39(3)66-36-88-55/h7-14,29-30,32,36-38,44-45,50,56,61,75-76,81-82H,15-28,31,33-35H2,1-6H3,(H,67,78)(H,68,77)/t37-,38+,44-,50+,56-/m1/s1. The molecule has 474 valence electrons. The lowest BCUT2D eigenvalue weighted by Crippen LogP contribution is -2.58. The van der Waals surface area contributed by atoms with E-state index in [0.717, 1.165) is 47.6 Å². The molecule has 88 heavy (non-hydrogen) atoms. The third-order valence-corrected chi connectivity index (χ3v) is 17.3. The van der Waals surface area contributed by atoms with Gasteiger partial charge in [0.05, 0.1) is 79.0 Å². The molecule has 3 fully saturated rings. The van der Waals surface area contributed by atoms with Crippen LogP contribution in [0.3, 0.4) is 0 Å². The van der Waals surface area contributed by atoms with E-state index < -0.39 is 65.4 Å². The number of likely N-dealkylation sites (tertiary alicyclic amines) is 2. The highest BCUT2D eigenvalue weighted by Crippen LogP contribution is 2.43. The first-order valence-electron chi connectivity index (χ1n) is 29.8. The molecular formula is C63H79ClFN9O13S. The molecule has 3 saturated heterocycles. The Hall–Kier alpha value is -6.71. The number of nitrogens with zero attached hydrogens (tertiary/aromatic N) is 7. The Morgan fingerprint density at radius 1 is 0.841 bits per heavy atom. The number of rotatable bonds is 25. The average molecular weight is 1260 g/mol. The Balaban J connectivity index is 0.672. The number of anilines is 1. The molecule has 4 amide bonds. The molecule has 4 aromatic carbocycles. The Morgan fingerprint density at radius 3 is 2.19 bits per heavy atom. The summed E-state index contributed by atoms with van der Waals surface area (Å²) in [5.74, 6) is -2.62. The van der Waals surface area contributed by atoms with Gasteiger partial charge in [0.1, 0.15) is 41.9 Å². The summed E-state index contributed by atoms with van der Waals surface area (Å²) in [7, 11) is 0. The molecule has 6 aromatic rings. The predicted octanol–water partition coefficient (Wildman–Crippen LogP) is 6.01. The Kier molecular flexibility index (Phi) is 22.2. The molecule has 25 heteroatoms. The first-order valence-corrected chi connectivity index (χ1v) is 31.0. The molecule has 0 radical (unpaired) electrons. The van der Waals surface area contributed by atoms with Gasteiger partial charge >= 0.3 is 6.01 Å². The number of ether oxygens (including phenoxy) is 5. The molecule has 0 saturated carbocycles. The molecule has 5 heterocycles. The van der Waals surface area contributed by atoms with Gasteiger partial charge in [-0.3, -0.25) is 24.1 Å². The maximum Gasteiger partial charge on any atom is 0.319 e. The lowest BCUT2D eigenvalue weighted by atomic mass is 9.85. The molecule has 3 aliphatic heterocycles. The molecule has 3 aliphatic rings. The number of piperazine rings is 1. The largest absolute Gasteiger partial charge is 0.508 e. The smallest absolute Gasteiger partial charge is 0.319 e. The molecule has 0 unspecified atom stereocenters. The molecule has 6 N–H and O–H groups in total. The molecule has 0 spiro atoms. The van der Waals surface area contributed by atoms with Gasteiger partial charge < -0.3 is 69.4 Å². The van der Waals surface area contributed by atoms with Crippen LogP contribution in [0.15, 0.2) is 72.2 Å². The van der Waals surface area contributed by atoms with Crippen molar-refractivity contribution in [3.8, 4) is 33.3 Å². The van der Waals surface area contributed by atoms with Crippen LogP contribution < -0.4 is 20.3 Å². The van der Waals surface area contributed by atoms with E-state index in [1.54, 1.807) is 29.0 Å². The van der Waals surface area contributed by atoms with Crippen molar-refractivity contribution < 1.29 is 67.7 Å². The quantitative estimate of drug-likeness (QED) is 0.0283. The number of aliphatic hydroxyl groups is 3. The monoisotopic (exact) mass is 1260 g/mol. The van der Waals surface area contributed by atoms with Crippen LogP contribution >= 0.6 is 22.9 Å². The van der Waals surface area contributed by atoms with Crippen LogP contribution in [-0.4, -0.2) is 209 Å². The van der Waals surface area contributed by atoms with E-state index >= 15 is 4.39 Å². The number of hydrogen-bond donors (Lipinski definition) is 6. The van der Waals surface area contributed by atoms with Crippen LogP contribution in [0.25, 0.3) is 43.2 Å². The number of hydrogen-bond acceptors (Lipinski definition) is 19. The van der Waals surface area contributed by atoms with Crippen LogP contribution in [0.5, 0.6) is 11.8 Å². The summed E-state index contributed by atoms with van der Waals surface area (Å²) >= 11 is 8.47. The molecule has 0 aliphatic carbocycles. The van der Waals surface area contributed by atoms with E-state index in [4.69, 9.17) is 40.3 Å². The number of aromatic hydroxyl groups is 1. The summed E-state index contributed by atoms with van der Waals surface area (Å²) in [4.78, 5) is 74.9. The predicted molar refractivity (Wildman–Crippen MR) is 330 cm³/mol. The van der Waals surface area contributed by atoms with E-state index in [-0.39, 0.29) is 99.0 Å². The van der Waals surface area contributed by atoms with E-state index in [0.29, 0.717) is 60.5 Å². The van der Waals surface area contributed by atoms with Gasteiger partial charge in [0, 0.05) is 69.7 Å². The van der Waals surface area contributed by atoms with E-state index in [1.165, 1.54) is 15.9 Å². The first kappa shape index (κ1) is 65.7. The minimum Gasteiger partial charge on any atom is -0.508 e. The second-order valence-electron chi connectivity index (χ2n) is 23.6. The molecule has 9 rings (SSSR count). The zero-order chi connectivity index (χ0) is 62.8. The number of phenolic OH excluding ortho intramolecular Hbond substituents is 1. The normalized spacial score (nSPS) is 18.1. The number of benzene rings is 4.